The van der Waals surface area contributed by atoms with E-state index in [1.807, 2.05) is 4.90 Å². The van der Waals surface area contributed by atoms with E-state index in [1.165, 1.54) is 4.68 Å². The first-order valence-electron chi connectivity index (χ1n) is 7.46. The van der Waals surface area contributed by atoms with Gasteiger partial charge in [-0.3, -0.25) is 9.59 Å². The number of nitrogens with zero attached hydrogens (tertiary/aromatic N) is 4. The molecule has 0 saturated carbocycles. The van der Waals surface area contributed by atoms with Crippen molar-refractivity contribution in [2.24, 2.45) is 5.92 Å². The molecule has 1 aliphatic heterocycles. The molecule has 1 saturated heterocycles. The maximum absolute atomic E-state index is 12.0. The Kier molecular flexibility index (Phi) is 5.30. The molecule has 0 spiro atoms. The summed E-state index contributed by atoms with van der Waals surface area (Å²) in [5.41, 5.74) is 0. The van der Waals surface area contributed by atoms with Crippen LogP contribution in [-0.4, -0.2) is 50.8 Å². The number of hydrogen-bond donors (Lipinski definition) is 1. The van der Waals surface area contributed by atoms with Crippen LogP contribution in [0, 0.1) is 5.92 Å². The summed E-state index contributed by atoms with van der Waals surface area (Å²) in [6.45, 7) is 5.73. The van der Waals surface area contributed by atoms with Crippen LogP contribution in [0.15, 0.2) is 12.4 Å². The number of carbonyl (C=O) groups excluding carboxylic acids is 2. The summed E-state index contributed by atoms with van der Waals surface area (Å²) in [6.07, 6.45) is 5.43. The molecule has 0 aromatic carbocycles. The van der Waals surface area contributed by atoms with Gasteiger partial charge in [0.1, 0.15) is 6.54 Å². The highest BCUT2D eigenvalue weighted by molar-refractivity contribution is 5.77. The SMILES string of the molecule is CC(C)CC(=O)N1CCC(NC(=O)Cn2ccnn2)CC1. The second-order valence-electron chi connectivity index (χ2n) is 5.92. The van der Waals surface area contributed by atoms with E-state index in [9.17, 15) is 9.59 Å². The van der Waals surface area contributed by atoms with Crippen molar-refractivity contribution in [2.75, 3.05) is 13.1 Å². The van der Waals surface area contributed by atoms with E-state index in [0.717, 1.165) is 25.9 Å². The molecule has 1 fully saturated rings. The van der Waals surface area contributed by atoms with E-state index in [2.05, 4.69) is 29.5 Å². The second-order valence-corrected chi connectivity index (χ2v) is 5.92. The summed E-state index contributed by atoms with van der Waals surface area (Å²) >= 11 is 0. The largest absolute Gasteiger partial charge is 0.352 e. The molecule has 21 heavy (non-hydrogen) atoms. The van der Waals surface area contributed by atoms with E-state index in [0.29, 0.717) is 12.3 Å². The molecule has 1 aromatic rings. The smallest absolute Gasteiger partial charge is 0.242 e. The minimum atomic E-state index is -0.0625. The molecule has 7 heteroatoms. The topological polar surface area (TPSA) is 80.1 Å². The Balaban J connectivity index is 1.71. The number of piperidine rings is 1. The summed E-state index contributed by atoms with van der Waals surface area (Å²) in [7, 11) is 0. The summed E-state index contributed by atoms with van der Waals surface area (Å²) < 4.78 is 1.50. The van der Waals surface area contributed by atoms with Crippen molar-refractivity contribution in [1.29, 1.82) is 0 Å². The van der Waals surface area contributed by atoms with Crippen LogP contribution >= 0.6 is 0 Å². The molecular weight excluding hydrogens is 270 g/mol. The molecule has 0 atom stereocenters. The van der Waals surface area contributed by atoms with Gasteiger partial charge in [-0.25, -0.2) is 4.68 Å². The van der Waals surface area contributed by atoms with E-state index in [4.69, 9.17) is 0 Å². The number of nitrogens with one attached hydrogen (secondary N) is 1. The molecule has 2 heterocycles. The molecule has 0 radical (unpaired) electrons. The van der Waals surface area contributed by atoms with Crippen LogP contribution in [0.2, 0.25) is 0 Å². The van der Waals surface area contributed by atoms with E-state index < -0.39 is 0 Å². The molecule has 1 aromatic heterocycles. The zero-order chi connectivity index (χ0) is 15.2. The highest BCUT2D eigenvalue weighted by Gasteiger charge is 2.24. The van der Waals surface area contributed by atoms with Gasteiger partial charge in [0.05, 0.1) is 6.20 Å². The summed E-state index contributed by atoms with van der Waals surface area (Å²) in [5, 5.41) is 10.4. The molecule has 0 bridgehead atoms. The van der Waals surface area contributed by atoms with E-state index in [1.54, 1.807) is 12.4 Å². The highest BCUT2D eigenvalue weighted by atomic mass is 16.2. The lowest BCUT2D eigenvalue weighted by Crippen LogP contribution is -2.47. The first-order valence-corrected chi connectivity index (χ1v) is 7.46. The maximum atomic E-state index is 12.0. The van der Waals surface area contributed by atoms with Crippen molar-refractivity contribution in [3.05, 3.63) is 12.4 Å². The van der Waals surface area contributed by atoms with Crippen molar-refractivity contribution in [3.8, 4) is 0 Å². The zero-order valence-corrected chi connectivity index (χ0v) is 12.7. The van der Waals surface area contributed by atoms with Gasteiger partial charge in [0.2, 0.25) is 11.8 Å². The van der Waals surface area contributed by atoms with Gasteiger partial charge in [-0.05, 0) is 18.8 Å². The Morgan fingerprint density at radius 2 is 2.05 bits per heavy atom. The fourth-order valence-electron chi connectivity index (χ4n) is 2.49. The second kappa shape index (κ2) is 7.19. The Bertz CT molecular complexity index is 464. The Morgan fingerprint density at radius 3 is 2.62 bits per heavy atom. The molecule has 7 nitrogen and oxygen atoms in total. The number of amides is 2. The zero-order valence-electron chi connectivity index (χ0n) is 12.7. The first-order chi connectivity index (χ1) is 10.0. The van der Waals surface area contributed by atoms with Gasteiger partial charge in [0, 0.05) is 31.7 Å². The highest BCUT2D eigenvalue weighted by Crippen LogP contribution is 2.13. The van der Waals surface area contributed by atoms with Gasteiger partial charge in [-0.15, -0.1) is 5.10 Å². The van der Waals surface area contributed by atoms with Gasteiger partial charge >= 0.3 is 0 Å². The summed E-state index contributed by atoms with van der Waals surface area (Å²) in [4.78, 5) is 25.7. The lowest BCUT2D eigenvalue weighted by molar-refractivity contribution is -0.133. The van der Waals surface area contributed by atoms with Gasteiger partial charge in [0.15, 0.2) is 0 Å². The Labute approximate surface area is 124 Å². The molecule has 1 N–H and O–H groups in total. The number of rotatable bonds is 5. The molecular formula is C14H23N5O2. The van der Waals surface area contributed by atoms with Crippen molar-refractivity contribution in [1.82, 2.24) is 25.2 Å². The van der Waals surface area contributed by atoms with Gasteiger partial charge in [-0.2, -0.15) is 0 Å². The monoisotopic (exact) mass is 293 g/mol. The first kappa shape index (κ1) is 15.5. The lowest BCUT2D eigenvalue weighted by atomic mass is 10.0. The van der Waals surface area contributed by atoms with E-state index >= 15 is 0 Å². The number of carbonyl (C=O) groups is 2. The van der Waals surface area contributed by atoms with Crippen molar-refractivity contribution < 1.29 is 9.59 Å². The predicted molar refractivity (Wildman–Crippen MR) is 77.2 cm³/mol. The van der Waals surface area contributed by atoms with Crippen molar-refractivity contribution >= 4 is 11.8 Å². The van der Waals surface area contributed by atoms with Gasteiger partial charge < -0.3 is 10.2 Å². The molecule has 2 rings (SSSR count). The van der Waals surface area contributed by atoms with E-state index in [-0.39, 0.29) is 24.4 Å². The predicted octanol–water partition coefficient (Wildman–Crippen LogP) is 0.431. The molecule has 0 aliphatic carbocycles. The minimum absolute atomic E-state index is 0.0625. The van der Waals surface area contributed by atoms with Crippen LogP contribution in [0.5, 0.6) is 0 Å². The summed E-state index contributed by atoms with van der Waals surface area (Å²) in [6, 6.07) is 0.143. The number of hydrogen-bond acceptors (Lipinski definition) is 4. The normalized spacial score (nSPS) is 16.2. The number of likely N-dealkylation sites (tertiary alicyclic amines) is 1. The van der Waals surface area contributed by atoms with Crippen LogP contribution in [0.1, 0.15) is 33.1 Å². The van der Waals surface area contributed by atoms with Crippen molar-refractivity contribution in [3.63, 3.8) is 0 Å². The van der Waals surface area contributed by atoms with Crippen LogP contribution in [0.4, 0.5) is 0 Å². The van der Waals surface area contributed by atoms with Crippen molar-refractivity contribution in [2.45, 2.75) is 45.7 Å². The summed E-state index contributed by atoms with van der Waals surface area (Å²) in [5.74, 6) is 0.544. The van der Waals surface area contributed by atoms with Crippen LogP contribution < -0.4 is 5.32 Å². The molecule has 0 unspecified atom stereocenters. The molecule has 116 valence electrons. The van der Waals surface area contributed by atoms with Crippen LogP contribution in [0.25, 0.3) is 0 Å². The van der Waals surface area contributed by atoms with Gasteiger partial charge in [0.25, 0.3) is 0 Å². The fraction of sp³-hybridized carbons (Fsp3) is 0.714. The van der Waals surface area contributed by atoms with Crippen LogP contribution in [0.3, 0.4) is 0 Å². The molecule has 2 amide bonds. The molecule has 1 aliphatic rings. The quantitative estimate of drug-likeness (QED) is 0.854. The Morgan fingerprint density at radius 1 is 1.33 bits per heavy atom. The fourth-order valence-corrected chi connectivity index (χ4v) is 2.49. The lowest BCUT2D eigenvalue weighted by Gasteiger charge is -2.32. The third-order valence-corrected chi connectivity index (χ3v) is 3.57. The van der Waals surface area contributed by atoms with Crippen LogP contribution in [-0.2, 0) is 16.1 Å². The third-order valence-electron chi connectivity index (χ3n) is 3.57. The Hall–Kier alpha value is -1.92. The maximum Gasteiger partial charge on any atom is 0.242 e. The standard InChI is InChI=1S/C14H23N5O2/c1-11(2)9-14(21)18-6-3-12(4-7-18)16-13(20)10-19-8-5-15-17-19/h5,8,11-12H,3-4,6-7,9-10H2,1-2H3,(H,16,20). The van der Waals surface area contributed by atoms with Gasteiger partial charge in [-0.1, -0.05) is 19.1 Å². The third kappa shape index (κ3) is 4.84. The average molecular weight is 293 g/mol. The average Bonchev–Trinajstić information content (AvgIpc) is 2.91. The number of aromatic nitrogens is 3. The minimum Gasteiger partial charge on any atom is -0.352 e.